The van der Waals surface area contributed by atoms with Gasteiger partial charge < -0.3 is 5.32 Å². The van der Waals surface area contributed by atoms with E-state index < -0.39 is 10.0 Å². The van der Waals surface area contributed by atoms with Crippen molar-refractivity contribution in [2.75, 3.05) is 14.1 Å². The van der Waals surface area contributed by atoms with E-state index in [-0.39, 0.29) is 16.8 Å². The third-order valence-corrected chi connectivity index (χ3v) is 6.39. The van der Waals surface area contributed by atoms with Crippen LogP contribution in [0, 0.1) is 12.8 Å². The van der Waals surface area contributed by atoms with Crippen LogP contribution in [0.1, 0.15) is 48.5 Å². The lowest BCUT2D eigenvalue weighted by atomic mass is 9.87. The Kier molecular flexibility index (Phi) is 5.47. The molecule has 0 spiro atoms. The molecule has 0 heterocycles. The average molecular weight is 338 g/mol. The van der Waals surface area contributed by atoms with Crippen LogP contribution in [-0.2, 0) is 10.0 Å². The highest BCUT2D eigenvalue weighted by Crippen LogP contribution is 2.24. The summed E-state index contributed by atoms with van der Waals surface area (Å²) in [6.07, 6.45) is 4.22. The number of benzene rings is 1. The smallest absolute Gasteiger partial charge is 0.251 e. The van der Waals surface area contributed by atoms with Gasteiger partial charge >= 0.3 is 0 Å². The number of hydrogen-bond donors (Lipinski definition) is 1. The lowest BCUT2D eigenvalue weighted by Crippen LogP contribution is -2.37. The molecule has 0 bridgehead atoms. The molecular formula is C17H26N2O3S. The molecule has 23 heavy (non-hydrogen) atoms. The zero-order valence-corrected chi connectivity index (χ0v) is 15.1. The fourth-order valence-electron chi connectivity index (χ4n) is 2.88. The van der Waals surface area contributed by atoms with Gasteiger partial charge in [0.2, 0.25) is 10.0 Å². The molecule has 2 rings (SSSR count). The third kappa shape index (κ3) is 4.12. The molecule has 0 radical (unpaired) electrons. The molecule has 1 amide bonds. The van der Waals surface area contributed by atoms with Crippen molar-refractivity contribution in [1.82, 2.24) is 9.62 Å². The first-order chi connectivity index (χ1) is 10.7. The highest BCUT2D eigenvalue weighted by molar-refractivity contribution is 7.89. The Morgan fingerprint density at radius 3 is 2.35 bits per heavy atom. The average Bonchev–Trinajstić information content (AvgIpc) is 2.49. The van der Waals surface area contributed by atoms with Crippen molar-refractivity contribution in [1.29, 1.82) is 0 Å². The van der Waals surface area contributed by atoms with E-state index in [1.54, 1.807) is 12.1 Å². The monoisotopic (exact) mass is 338 g/mol. The molecule has 0 unspecified atom stereocenters. The van der Waals surface area contributed by atoms with Crippen LogP contribution in [0.2, 0.25) is 0 Å². The number of carbonyl (C=O) groups is 1. The highest BCUT2D eigenvalue weighted by atomic mass is 32.2. The van der Waals surface area contributed by atoms with Crippen LogP contribution < -0.4 is 5.32 Å². The number of aryl methyl sites for hydroxylation is 1. The molecule has 6 heteroatoms. The van der Waals surface area contributed by atoms with Crippen LogP contribution in [0.3, 0.4) is 0 Å². The Labute approximate surface area is 139 Å². The standard InChI is InChI=1S/C17H26N2O3S/c1-12-5-8-14(9-6-12)18-17(20)16-11-15(10-7-13(16)2)23(21,22)19(3)4/h7,10-12,14H,5-6,8-9H2,1-4H3,(H,18,20). The maximum Gasteiger partial charge on any atom is 0.251 e. The maximum atomic E-state index is 12.5. The summed E-state index contributed by atoms with van der Waals surface area (Å²) in [6, 6.07) is 4.90. The van der Waals surface area contributed by atoms with Crippen LogP contribution >= 0.6 is 0 Å². The maximum absolute atomic E-state index is 12.5. The largest absolute Gasteiger partial charge is 0.349 e. The van der Waals surface area contributed by atoms with Crippen molar-refractivity contribution in [3.8, 4) is 0 Å². The van der Waals surface area contributed by atoms with Gasteiger partial charge in [-0.15, -0.1) is 0 Å². The van der Waals surface area contributed by atoms with Gasteiger partial charge in [0.15, 0.2) is 0 Å². The first kappa shape index (κ1) is 17.9. The fourth-order valence-corrected chi connectivity index (χ4v) is 3.81. The van der Waals surface area contributed by atoms with E-state index in [2.05, 4.69) is 12.2 Å². The second-order valence-corrected chi connectivity index (χ2v) is 8.85. The van der Waals surface area contributed by atoms with E-state index in [1.807, 2.05) is 6.92 Å². The molecule has 1 aliphatic carbocycles. The van der Waals surface area contributed by atoms with E-state index >= 15 is 0 Å². The van der Waals surface area contributed by atoms with Crippen molar-refractivity contribution in [2.45, 2.75) is 50.5 Å². The van der Waals surface area contributed by atoms with Gasteiger partial charge in [-0.25, -0.2) is 12.7 Å². The lowest BCUT2D eigenvalue weighted by Gasteiger charge is -2.27. The molecule has 0 aliphatic heterocycles. The molecule has 1 aliphatic rings. The summed E-state index contributed by atoms with van der Waals surface area (Å²) in [7, 11) is -0.568. The van der Waals surface area contributed by atoms with E-state index in [0.717, 1.165) is 41.5 Å². The van der Waals surface area contributed by atoms with Gasteiger partial charge in [0.25, 0.3) is 5.91 Å². The summed E-state index contributed by atoms with van der Waals surface area (Å²) in [5.41, 5.74) is 1.22. The number of carbonyl (C=O) groups excluding carboxylic acids is 1. The predicted octanol–water partition coefficient (Wildman–Crippen LogP) is 2.55. The van der Waals surface area contributed by atoms with Crippen LogP contribution in [0.15, 0.2) is 23.1 Å². The fraction of sp³-hybridized carbons (Fsp3) is 0.588. The first-order valence-corrected chi connectivity index (χ1v) is 9.50. The van der Waals surface area contributed by atoms with E-state index in [1.165, 1.54) is 20.2 Å². The normalized spacial score (nSPS) is 22.1. The Hall–Kier alpha value is -1.40. The molecule has 128 valence electrons. The summed E-state index contributed by atoms with van der Waals surface area (Å²) in [5, 5.41) is 3.06. The minimum atomic E-state index is -3.54. The van der Waals surface area contributed by atoms with Crippen LogP contribution in [0.5, 0.6) is 0 Å². The quantitative estimate of drug-likeness (QED) is 0.917. The minimum absolute atomic E-state index is 0.149. The van der Waals surface area contributed by atoms with E-state index in [9.17, 15) is 13.2 Å². The zero-order chi connectivity index (χ0) is 17.2. The van der Waals surface area contributed by atoms with E-state index in [4.69, 9.17) is 0 Å². The molecular weight excluding hydrogens is 312 g/mol. The molecule has 1 fully saturated rings. The summed E-state index contributed by atoms with van der Waals surface area (Å²) < 4.78 is 25.6. The Morgan fingerprint density at radius 1 is 1.17 bits per heavy atom. The molecule has 1 aromatic carbocycles. The van der Waals surface area contributed by atoms with Gasteiger partial charge in [-0.05, 0) is 56.2 Å². The van der Waals surface area contributed by atoms with Gasteiger partial charge in [0.05, 0.1) is 4.90 Å². The van der Waals surface area contributed by atoms with Gasteiger partial charge in [-0.1, -0.05) is 13.0 Å². The Morgan fingerprint density at radius 2 is 1.78 bits per heavy atom. The van der Waals surface area contributed by atoms with Crippen molar-refractivity contribution < 1.29 is 13.2 Å². The first-order valence-electron chi connectivity index (χ1n) is 8.06. The SMILES string of the molecule is Cc1ccc(S(=O)(=O)N(C)C)cc1C(=O)NC1CCC(C)CC1. The number of nitrogens with one attached hydrogen (secondary N) is 1. The van der Waals surface area contributed by atoms with Crippen molar-refractivity contribution in [3.63, 3.8) is 0 Å². The predicted molar refractivity (Wildman–Crippen MR) is 90.9 cm³/mol. The summed E-state index contributed by atoms with van der Waals surface area (Å²) in [5.74, 6) is 0.538. The number of nitrogens with zero attached hydrogens (tertiary/aromatic N) is 1. The second-order valence-electron chi connectivity index (χ2n) is 6.69. The van der Waals surface area contributed by atoms with Crippen LogP contribution in [0.25, 0.3) is 0 Å². The molecule has 1 aromatic rings. The van der Waals surface area contributed by atoms with Gasteiger partial charge in [-0.2, -0.15) is 0 Å². The molecule has 5 nitrogen and oxygen atoms in total. The van der Waals surface area contributed by atoms with E-state index in [0.29, 0.717) is 5.56 Å². The number of hydrogen-bond acceptors (Lipinski definition) is 3. The second kappa shape index (κ2) is 7.01. The molecule has 0 atom stereocenters. The minimum Gasteiger partial charge on any atom is -0.349 e. The van der Waals surface area contributed by atoms with Crippen molar-refractivity contribution in [3.05, 3.63) is 29.3 Å². The van der Waals surface area contributed by atoms with Crippen molar-refractivity contribution >= 4 is 15.9 Å². The number of rotatable bonds is 4. The van der Waals surface area contributed by atoms with Crippen molar-refractivity contribution in [2.24, 2.45) is 5.92 Å². The molecule has 1 N–H and O–H groups in total. The highest BCUT2D eigenvalue weighted by Gasteiger charge is 2.23. The molecule has 0 saturated heterocycles. The molecule has 1 saturated carbocycles. The summed E-state index contributed by atoms with van der Waals surface area (Å²) in [4.78, 5) is 12.7. The van der Waals surface area contributed by atoms with Gasteiger partial charge in [0.1, 0.15) is 0 Å². The number of sulfonamides is 1. The van der Waals surface area contributed by atoms with Crippen LogP contribution in [-0.4, -0.2) is 38.8 Å². The summed E-state index contributed by atoms with van der Waals surface area (Å²) in [6.45, 7) is 4.06. The Bertz CT molecular complexity index is 675. The molecule has 0 aromatic heterocycles. The van der Waals surface area contributed by atoms with Gasteiger partial charge in [0, 0.05) is 25.7 Å². The van der Waals surface area contributed by atoms with Crippen LogP contribution in [0.4, 0.5) is 0 Å². The Balaban J connectivity index is 2.20. The zero-order valence-electron chi connectivity index (χ0n) is 14.3. The van der Waals surface area contributed by atoms with Gasteiger partial charge in [-0.3, -0.25) is 4.79 Å². The lowest BCUT2D eigenvalue weighted by molar-refractivity contribution is 0.0922. The summed E-state index contributed by atoms with van der Waals surface area (Å²) >= 11 is 0. The topological polar surface area (TPSA) is 66.5 Å². The number of amides is 1. The third-order valence-electron chi connectivity index (χ3n) is 4.58.